The zero-order valence-electron chi connectivity index (χ0n) is 13.5. The van der Waals surface area contributed by atoms with E-state index in [1.807, 2.05) is 36.6 Å². The van der Waals surface area contributed by atoms with Crippen LogP contribution in [-0.2, 0) is 4.79 Å². The molecule has 0 unspecified atom stereocenters. The molecule has 0 saturated carbocycles. The van der Waals surface area contributed by atoms with E-state index in [1.165, 1.54) is 0 Å². The molecule has 3 rings (SSSR count). The lowest BCUT2D eigenvalue weighted by molar-refractivity contribution is -0.135. The first-order chi connectivity index (χ1) is 11.5. The average molecular weight is 330 g/mol. The molecule has 1 aliphatic heterocycles. The Kier molecular flexibility index (Phi) is 4.16. The third kappa shape index (κ3) is 2.92. The molecule has 0 saturated heterocycles. The van der Waals surface area contributed by atoms with Gasteiger partial charge in [0, 0.05) is 23.1 Å². The van der Waals surface area contributed by atoms with Gasteiger partial charge < -0.3 is 24.5 Å². The fourth-order valence-corrected chi connectivity index (χ4v) is 2.81. The number of nitrogens with one attached hydrogen (secondary N) is 1. The normalized spacial score (nSPS) is 12.8. The minimum absolute atomic E-state index is 0.408. The summed E-state index contributed by atoms with van der Waals surface area (Å²) in [5.41, 5.74) is 2.90. The Balaban J connectivity index is 1.94. The molecule has 1 aromatic carbocycles. The number of hydrogen-bond donors (Lipinski definition) is 2. The van der Waals surface area contributed by atoms with Crippen molar-refractivity contribution in [1.29, 1.82) is 0 Å². The number of carbonyl (C=O) groups is 2. The number of benzene rings is 1. The second kappa shape index (κ2) is 6.27. The van der Waals surface area contributed by atoms with Crippen LogP contribution >= 0.6 is 0 Å². The van der Waals surface area contributed by atoms with E-state index in [0.717, 1.165) is 17.1 Å². The Hall–Kier alpha value is -2.96. The predicted molar refractivity (Wildman–Crippen MR) is 86.2 cm³/mol. The van der Waals surface area contributed by atoms with Crippen LogP contribution in [0.15, 0.2) is 24.3 Å². The van der Waals surface area contributed by atoms with Crippen molar-refractivity contribution in [2.45, 2.75) is 13.8 Å². The molecule has 2 heterocycles. The Bertz CT molecular complexity index is 810. The summed E-state index contributed by atoms with van der Waals surface area (Å²) in [5, 5.41) is 11.1. The third-order valence-corrected chi connectivity index (χ3v) is 3.86. The molecule has 0 atom stereocenters. The van der Waals surface area contributed by atoms with Gasteiger partial charge in [-0.2, -0.15) is 0 Å². The number of carboxylic acid groups (broad SMARTS) is 1. The standard InChI is InChI=1S/C17H18N2O5/c1-10-7-13(17(22)18-9-16(20)21)11(2)19(10)12-3-4-14-15(8-12)24-6-5-23-14/h3-4,7-8H,5-6,9H2,1-2H3,(H,18,22)(H,20,21). The molecule has 0 spiro atoms. The monoisotopic (exact) mass is 330 g/mol. The van der Waals surface area contributed by atoms with Gasteiger partial charge in [0.15, 0.2) is 11.5 Å². The van der Waals surface area contributed by atoms with Crippen molar-refractivity contribution in [1.82, 2.24) is 9.88 Å². The predicted octanol–water partition coefficient (Wildman–Crippen LogP) is 1.68. The fraction of sp³-hybridized carbons (Fsp3) is 0.294. The number of ether oxygens (including phenoxy) is 2. The first-order valence-corrected chi connectivity index (χ1v) is 7.56. The van der Waals surface area contributed by atoms with Gasteiger partial charge in [-0.1, -0.05) is 0 Å². The summed E-state index contributed by atoms with van der Waals surface area (Å²) in [5.74, 6) is -0.117. The summed E-state index contributed by atoms with van der Waals surface area (Å²) in [4.78, 5) is 22.8. The molecule has 0 aliphatic carbocycles. The molecular formula is C17H18N2O5. The first kappa shape index (κ1) is 15.9. The molecule has 7 nitrogen and oxygen atoms in total. The number of aromatic nitrogens is 1. The highest BCUT2D eigenvalue weighted by Gasteiger charge is 2.19. The molecular weight excluding hydrogens is 312 g/mol. The van der Waals surface area contributed by atoms with Crippen molar-refractivity contribution in [3.63, 3.8) is 0 Å². The minimum Gasteiger partial charge on any atom is -0.486 e. The summed E-state index contributed by atoms with van der Waals surface area (Å²) >= 11 is 0. The molecule has 2 N–H and O–H groups in total. The molecule has 1 amide bonds. The first-order valence-electron chi connectivity index (χ1n) is 7.56. The van der Waals surface area contributed by atoms with Crippen molar-refractivity contribution < 1.29 is 24.2 Å². The van der Waals surface area contributed by atoms with E-state index in [4.69, 9.17) is 14.6 Å². The van der Waals surface area contributed by atoms with E-state index in [1.54, 1.807) is 6.07 Å². The molecule has 2 aromatic rings. The minimum atomic E-state index is -1.08. The number of fused-ring (bicyclic) bond motifs is 1. The maximum absolute atomic E-state index is 12.2. The van der Waals surface area contributed by atoms with Crippen LogP contribution in [0.25, 0.3) is 5.69 Å². The Morgan fingerprint density at radius 2 is 1.88 bits per heavy atom. The van der Waals surface area contributed by atoms with E-state index >= 15 is 0 Å². The second-order valence-electron chi connectivity index (χ2n) is 5.52. The molecule has 126 valence electrons. The van der Waals surface area contributed by atoms with Crippen molar-refractivity contribution in [3.8, 4) is 17.2 Å². The van der Waals surface area contributed by atoms with Crippen LogP contribution in [0.5, 0.6) is 11.5 Å². The van der Waals surface area contributed by atoms with Crippen LogP contribution in [0, 0.1) is 13.8 Å². The molecule has 1 aromatic heterocycles. The molecule has 7 heteroatoms. The number of aliphatic carboxylic acids is 1. The van der Waals surface area contributed by atoms with Gasteiger partial charge in [0.05, 0.1) is 5.56 Å². The number of amides is 1. The van der Waals surface area contributed by atoms with Gasteiger partial charge in [0.2, 0.25) is 0 Å². The highest BCUT2D eigenvalue weighted by molar-refractivity contribution is 5.97. The van der Waals surface area contributed by atoms with Crippen LogP contribution in [-0.4, -0.2) is 41.3 Å². The maximum Gasteiger partial charge on any atom is 0.322 e. The van der Waals surface area contributed by atoms with Crippen molar-refractivity contribution in [2.75, 3.05) is 19.8 Å². The SMILES string of the molecule is Cc1cc(C(=O)NCC(=O)O)c(C)n1-c1ccc2c(c1)OCCO2. The lowest BCUT2D eigenvalue weighted by atomic mass is 10.2. The van der Waals surface area contributed by atoms with Gasteiger partial charge in [-0.25, -0.2) is 0 Å². The number of rotatable bonds is 4. The highest BCUT2D eigenvalue weighted by Crippen LogP contribution is 2.33. The smallest absolute Gasteiger partial charge is 0.322 e. The lowest BCUT2D eigenvalue weighted by Crippen LogP contribution is -2.29. The highest BCUT2D eigenvalue weighted by atomic mass is 16.6. The maximum atomic E-state index is 12.2. The Morgan fingerprint density at radius 3 is 2.58 bits per heavy atom. The quantitative estimate of drug-likeness (QED) is 0.890. The van der Waals surface area contributed by atoms with Gasteiger partial charge >= 0.3 is 5.97 Å². The summed E-state index contributed by atoms with van der Waals surface area (Å²) < 4.78 is 13.0. The van der Waals surface area contributed by atoms with E-state index in [-0.39, 0.29) is 0 Å². The number of carbonyl (C=O) groups excluding carboxylic acids is 1. The van der Waals surface area contributed by atoms with E-state index in [2.05, 4.69) is 5.32 Å². The van der Waals surface area contributed by atoms with E-state index < -0.39 is 18.4 Å². The summed E-state index contributed by atoms with van der Waals surface area (Å²) in [6.45, 7) is 4.33. The van der Waals surface area contributed by atoms with E-state index in [0.29, 0.717) is 30.3 Å². The van der Waals surface area contributed by atoms with Gasteiger partial charge in [-0.05, 0) is 32.0 Å². The van der Waals surface area contributed by atoms with Crippen molar-refractivity contribution in [3.05, 3.63) is 41.2 Å². The van der Waals surface area contributed by atoms with E-state index in [9.17, 15) is 9.59 Å². The van der Waals surface area contributed by atoms with Crippen LogP contribution < -0.4 is 14.8 Å². The zero-order valence-corrected chi connectivity index (χ0v) is 13.5. The van der Waals surface area contributed by atoms with Crippen LogP contribution in [0.4, 0.5) is 0 Å². The second-order valence-corrected chi connectivity index (χ2v) is 5.52. The topological polar surface area (TPSA) is 89.8 Å². The number of aryl methyl sites for hydroxylation is 1. The van der Waals surface area contributed by atoms with Crippen LogP contribution in [0.3, 0.4) is 0 Å². The molecule has 0 radical (unpaired) electrons. The third-order valence-electron chi connectivity index (χ3n) is 3.86. The molecule has 0 fully saturated rings. The molecule has 0 bridgehead atoms. The zero-order chi connectivity index (χ0) is 17.3. The largest absolute Gasteiger partial charge is 0.486 e. The van der Waals surface area contributed by atoms with Gasteiger partial charge in [0.25, 0.3) is 5.91 Å². The van der Waals surface area contributed by atoms with Gasteiger partial charge in [0.1, 0.15) is 19.8 Å². The fourth-order valence-electron chi connectivity index (χ4n) is 2.81. The Labute approximate surface area is 138 Å². The van der Waals surface area contributed by atoms with Gasteiger partial charge in [-0.15, -0.1) is 0 Å². The van der Waals surface area contributed by atoms with Crippen LogP contribution in [0.2, 0.25) is 0 Å². The molecule has 1 aliphatic rings. The van der Waals surface area contributed by atoms with Crippen LogP contribution in [0.1, 0.15) is 21.7 Å². The summed E-state index contributed by atoms with van der Waals surface area (Å²) in [6, 6.07) is 7.34. The van der Waals surface area contributed by atoms with Gasteiger partial charge in [-0.3, -0.25) is 9.59 Å². The molecule has 24 heavy (non-hydrogen) atoms. The van der Waals surface area contributed by atoms with Crippen molar-refractivity contribution in [2.24, 2.45) is 0 Å². The number of nitrogens with zero attached hydrogens (tertiary/aromatic N) is 1. The Morgan fingerprint density at radius 1 is 1.17 bits per heavy atom. The number of hydrogen-bond acceptors (Lipinski definition) is 4. The summed E-state index contributed by atoms with van der Waals surface area (Å²) in [7, 11) is 0. The average Bonchev–Trinajstić information content (AvgIpc) is 2.87. The summed E-state index contributed by atoms with van der Waals surface area (Å²) in [6.07, 6.45) is 0. The van der Waals surface area contributed by atoms with Crippen molar-refractivity contribution >= 4 is 11.9 Å². The lowest BCUT2D eigenvalue weighted by Gasteiger charge is -2.20. The number of carboxylic acids is 1.